The molecule has 1 aliphatic rings. The van der Waals surface area contributed by atoms with Gasteiger partial charge in [0.05, 0.1) is 11.0 Å². The van der Waals surface area contributed by atoms with E-state index in [1.165, 1.54) is 20.7 Å². The standard InChI is InChI=1S/C54H40N4Si2/c1-7-23-41(24-8-1)49-39-43-27-19-21-37-51(43)55-53(49)57-59(45-29-11-3-12-30-45,46-31-13-4-14-32-46)58(60(57,47-33-15-5-16-34-47)48-35-17-6-18-36-48)54-50(42-25-9-2-10-26-42)40-44-28-20-22-38-52(44)56-54/h1-40H. The predicted molar refractivity (Wildman–Crippen MR) is 255 cm³/mol. The van der Waals surface area contributed by atoms with Gasteiger partial charge in [0.15, 0.2) is 0 Å². The smallest absolute Gasteiger partial charge is 0.320 e. The van der Waals surface area contributed by atoms with Crippen molar-refractivity contribution in [3.63, 3.8) is 0 Å². The van der Waals surface area contributed by atoms with Crippen molar-refractivity contribution in [1.29, 1.82) is 0 Å². The largest absolute Gasteiger partial charge is 0.362 e. The lowest BCUT2D eigenvalue weighted by molar-refractivity contribution is 1.15. The Labute approximate surface area is 352 Å². The average molecular weight is 801 g/mol. The second-order valence-corrected chi connectivity index (χ2v) is 23.0. The molecule has 1 aliphatic heterocycles. The molecule has 3 heterocycles. The van der Waals surface area contributed by atoms with E-state index in [1.54, 1.807) is 0 Å². The van der Waals surface area contributed by atoms with E-state index in [-0.39, 0.29) is 0 Å². The van der Waals surface area contributed by atoms with Crippen molar-refractivity contribution in [2.75, 3.05) is 8.46 Å². The molecule has 1 fully saturated rings. The van der Waals surface area contributed by atoms with Gasteiger partial charge in [0.25, 0.3) is 0 Å². The molecule has 2 aromatic heterocycles. The summed E-state index contributed by atoms with van der Waals surface area (Å²) in [6.45, 7) is 0. The first-order valence-corrected chi connectivity index (χ1v) is 24.3. The highest BCUT2D eigenvalue weighted by atomic mass is 28.5. The lowest BCUT2D eigenvalue weighted by Gasteiger charge is -2.72. The van der Waals surface area contributed by atoms with Crippen LogP contribution in [0.2, 0.25) is 0 Å². The average Bonchev–Trinajstić information content (AvgIpc) is 3.33. The molecule has 8 aromatic carbocycles. The summed E-state index contributed by atoms with van der Waals surface area (Å²) in [5.41, 5.74) is 6.41. The summed E-state index contributed by atoms with van der Waals surface area (Å²) in [7, 11) is -6.87. The van der Waals surface area contributed by atoms with Crippen LogP contribution in [-0.4, -0.2) is 26.8 Å². The predicted octanol–water partition coefficient (Wildman–Crippen LogP) is 9.96. The number of benzene rings is 8. The van der Waals surface area contributed by atoms with Gasteiger partial charge in [-0.3, -0.25) is 0 Å². The topological polar surface area (TPSA) is 32.3 Å². The molecule has 0 saturated carbocycles. The molecule has 0 aliphatic carbocycles. The summed E-state index contributed by atoms with van der Waals surface area (Å²) in [5, 5.41) is 7.25. The second-order valence-electron chi connectivity index (χ2n) is 15.3. The zero-order valence-corrected chi connectivity index (χ0v) is 34.9. The van der Waals surface area contributed by atoms with Crippen LogP contribution in [0, 0.1) is 0 Å². The maximum Gasteiger partial charge on any atom is 0.320 e. The summed E-state index contributed by atoms with van der Waals surface area (Å²) >= 11 is 0. The van der Waals surface area contributed by atoms with E-state index in [4.69, 9.17) is 9.97 Å². The van der Waals surface area contributed by atoms with Gasteiger partial charge in [0.2, 0.25) is 0 Å². The number of anilines is 2. The lowest BCUT2D eigenvalue weighted by Crippen LogP contribution is -3.08. The fourth-order valence-corrected chi connectivity index (χ4v) is 24.6. The molecule has 0 bridgehead atoms. The third-order valence-electron chi connectivity index (χ3n) is 12.0. The summed E-state index contributed by atoms with van der Waals surface area (Å²) in [6, 6.07) is 88.5. The zero-order chi connectivity index (χ0) is 39.9. The van der Waals surface area contributed by atoms with Crippen molar-refractivity contribution in [1.82, 2.24) is 9.97 Å². The van der Waals surface area contributed by atoms with E-state index in [2.05, 4.69) is 251 Å². The first-order chi connectivity index (χ1) is 29.8. The van der Waals surface area contributed by atoms with Crippen molar-refractivity contribution < 1.29 is 0 Å². The normalized spacial score (nSPS) is 14.2. The number of hydrogen-bond donors (Lipinski definition) is 0. The maximum atomic E-state index is 5.87. The molecule has 4 nitrogen and oxygen atoms in total. The quantitative estimate of drug-likeness (QED) is 0.143. The Morgan fingerprint density at radius 1 is 0.283 bits per heavy atom. The molecule has 0 N–H and O–H groups in total. The minimum atomic E-state index is -3.44. The monoisotopic (exact) mass is 800 g/mol. The van der Waals surface area contributed by atoms with Gasteiger partial charge in [0.1, 0.15) is 11.6 Å². The van der Waals surface area contributed by atoms with E-state index in [0.29, 0.717) is 0 Å². The number of nitrogens with zero attached hydrogens (tertiary/aromatic N) is 4. The zero-order valence-electron chi connectivity index (χ0n) is 32.9. The summed E-state index contributed by atoms with van der Waals surface area (Å²) in [6.07, 6.45) is 0. The van der Waals surface area contributed by atoms with Crippen LogP contribution >= 0.6 is 0 Å². The molecule has 1 saturated heterocycles. The fourth-order valence-electron chi connectivity index (χ4n) is 9.50. The Bertz CT molecular complexity index is 2790. The Morgan fingerprint density at radius 2 is 0.550 bits per heavy atom. The van der Waals surface area contributed by atoms with Gasteiger partial charge in [0, 0.05) is 21.9 Å². The van der Waals surface area contributed by atoms with Crippen molar-refractivity contribution in [3.8, 4) is 22.3 Å². The molecule has 60 heavy (non-hydrogen) atoms. The number of pyridine rings is 2. The highest BCUT2D eigenvalue weighted by molar-refractivity contribution is 7.38. The van der Waals surface area contributed by atoms with Gasteiger partial charge in [-0.2, -0.15) is 0 Å². The van der Waals surface area contributed by atoms with E-state index < -0.39 is 16.8 Å². The third kappa shape index (κ3) is 5.49. The Morgan fingerprint density at radius 3 is 0.867 bits per heavy atom. The Kier molecular flexibility index (Phi) is 8.80. The second kappa shape index (κ2) is 14.8. The van der Waals surface area contributed by atoms with Crippen molar-refractivity contribution in [2.45, 2.75) is 0 Å². The summed E-state index contributed by atoms with van der Waals surface area (Å²) in [4.78, 5) is 11.7. The first-order valence-electron chi connectivity index (χ1n) is 20.5. The molecule has 0 spiro atoms. The van der Waals surface area contributed by atoms with Gasteiger partial charge in [-0.15, -0.1) is 0 Å². The van der Waals surface area contributed by atoms with Gasteiger partial charge in [-0.1, -0.05) is 218 Å². The molecule has 10 aromatic rings. The Hall–Kier alpha value is -7.39. The summed E-state index contributed by atoms with van der Waals surface area (Å²) in [5.74, 6) is 1.97. The molecule has 0 unspecified atom stereocenters. The molecule has 0 radical (unpaired) electrons. The fraction of sp³-hybridized carbons (Fsp3) is 0. The van der Waals surface area contributed by atoms with Gasteiger partial charge >= 0.3 is 16.8 Å². The van der Waals surface area contributed by atoms with E-state index in [0.717, 1.165) is 55.7 Å². The number of para-hydroxylation sites is 2. The molecule has 6 heteroatoms. The van der Waals surface area contributed by atoms with Crippen LogP contribution in [-0.2, 0) is 0 Å². The summed E-state index contributed by atoms with van der Waals surface area (Å²) < 4.78 is 5.77. The first kappa shape index (κ1) is 35.8. The highest BCUT2D eigenvalue weighted by Crippen LogP contribution is 2.50. The van der Waals surface area contributed by atoms with Crippen LogP contribution in [0.3, 0.4) is 0 Å². The minimum absolute atomic E-state index is 0.965. The number of fused-ring (bicyclic) bond motifs is 2. The van der Waals surface area contributed by atoms with Gasteiger partial charge in [-0.05, 0) is 56.1 Å². The van der Waals surface area contributed by atoms with E-state index in [1.807, 2.05) is 0 Å². The van der Waals surface area contributed by atoms with Crippen LogP contribution in [0.4, 0.5) is 11.6 Å². The van der Waals surface area contributed by atoms with Crippen LogP contribution in [0.5, 0.6) is 0 Å². The van der Waals surface area contributed by atoms with E-state index >= 15 is 0 Å². The Balaban J connectivity index is 1.39. The molecule has 0 atom stereocenters. The molecule has 0 amide bonds. The van der Waals surface area contributed by atoms with Crippen molar-refractivity contribution in [2.24, 2.45) is 0 Å². The third-order valence-corrected chi connectivity index (χ3v) is 23.9. The molecule has 284 valence electrons. The number of hydrogen-bond acceptors (Lipinski definition) is 4. The van der Waals surface area contributed by atoms with Gasteiger partial charge < -0.3 is 8.46 Å². The van der Waals surface area contributed by atoms with E-state index in [9.17, 15) is 0 Å². The van der Waals surface area contributed by atoms with Crippen LogP contribution in [0.25, 0.3) is 44.1 Å². The number of aromatic nitrogens is 2. The van der Waals surface area contributed by atoms with Crippen LogP contribution in [0.1, 0.15) is 0 Å². The van der Waals surface area contributed by atoms with Crippen LogP contribution in [0.15, 0.2) is 243 Å². The van der Waals surface area contributed by atoms with Crippen molar-refractivity contribution in [3.05, 3.63) is 243 Å². The van der Waals surface area contributed by atoms with Crippen molar-refractivity contribution >= 4 is 71.0 Å². The maximum absolute atomic E-state index is 5.87. The molecular formula is C54H40N4Si2. The van der Waals surface area contributed by atoms with Gasteiger partial charge in [-0.25, -0.2) is 9.97 Å². The molecular weight excluding hydrogens is 761 g/mol. The SMILES string of the molecule is c1ccc(-c2cc3ccccc3nc2N2[Si](c3ccccc3)(c3ccccc3)N(c3nc4ccccc4cc3-c3ccccc3)[Si]2(c2ccccc2)c2ccccc2)cc1. The lowest BCUT2D eigenvalue weighted by atomic mass is 10.0. The number of rotatable bonds is 8. The van der Waals surface area contributed by atoms with Crippen LogP contribution < -0.4 is 29.2 Å². The minimum Gasteiger partial charge on any atom is -0.362 e. The highest BCUT2D eigenvalue weighted by Gasteiger charge is 2.76. The molecule has 11 rings (SSSR count).